The van der Waals surface area contributed by atoms with E-state index in [2.05, 4.69) is 9.97 Å². The lowest BCUT2D eigenvalue weighted by Crippen LogP contribution is -2.22. The van der Waals surface area contributed by atoms with Crippen molar-refractivity contribution < 1.29 is 9.90 Å². The van der Waals surface area contributed by atoms with E-state index < -0.39 is 11.9 Å². The summed E-state index contributed by atoms with van der Waals surface area (Å²) >= 11 is 0. The van der Waals surface area contributed by atoms with Crippen molar-refractivity contribution in [3.8, 4) is 0 Å². The van der Waals surface area contributed by atoms with Crippen LogP contribution >= 0.6 is 0 Å². The molecule has 1 aliphatic rings. The summed E-state index contributed by atoms with van der Waals surface area (Å²) in [7, 11) is 0. The van der Waals surface area contributed by atoms with Crippen molar-refractivity contribution in [2.45, 2.75) is 51.9 Å². The van der Waals surface area contributed by atoms with Crippen molar-refractivity contribution in [2.24, 2.45) is 5.92 Å². The fraction of sp³-hybridized carbons (Fsp3) is 0.643. The zero-order valence-corrected chi connectivity index (χ0v) is 11.2. The van der Waals surface area contributed by atoms with Gasteiger partial charge in [0, 0.05) is 17.3 Å². The predicted octanol–water partition coefficient (Wildman–Crippen LogP) is 2.88. The van der Waals surface area contributed by atoms with Crippen molar-refractivity contribution in [3.63, 3.8) is 0 Å². The molecule has 0 radical (unpaired) electrons. The first-order valence-electron chi connectivity index (χ1n) is 6.57. The number of aliphatic carboxylic acids is 1. The molecule has 98 valence electrons. The summed E-state index contributed by atoms with van der Waals surface area (Å²) in [5, 5.41) is 9.31. The highest BCUT2D eigenvalue weighted by atomic mass is 16.4. The molecule has 1 aromatic heterocycles. The number of carboxylic acids is 1. The molecule has 1 atom stereocenters. The van der Waals surface area contributed by atoms with Gasteiger partial charge in [-0.05, 0) is 31.7 Å². The molecule has 1 fully saturated rings. The smallest absolute Gasteiger partial charge is 0.314 e. The number of aryl methyl sites for hydroxylation is 1. The van der Waals surface area contributed by atoms with Crippen LogP contribution in [0.2, 0.25) is 0 Å². The van der Waals surface area contributed by atoms with Crippen LogP contribution in [0.1, 0.15) is 62.2 Å². The topological polar surface area (TPSA) is 63.1 Å². The van der Waals surface area contributed by atoms with Gasteiger partial charge < -0.3 is 5.11 Å². The van der Waals surface area contributed by atoms with E-state index in [0.717, 1.165) is 24.2 Å². The maximum Gasteiger partial charge on any atom is 0.314 e. The number of carboxylic acid groups (broad SMARTS) is 1. The second-order valence-electron chi connectivity index (χ2n) is 5.48. The average Bonchev–Trinajstić information content (AvgIpc) is 2.11. The lowest BCUT2D eigenvalue weighted by molar-refractivity contribution is -0.140. The molecule has 0 aliphatic heterocycles. The second-order valence-corrected chi connectivity index (χ2v) is 5.48. The predicted molar refractivity (Wildman–Crippen MR) is 68.6 cm³/mol. The highest BCUT2D eigenvalue weighted by molar-refractivity contribution is 5.75. The fourth-order valence-corrected chi connectivity index (χ4v) is 2.36. The molecule has 1 N–H and O–H groups in total. The third-order valence-corrected chi connectivity index (χ3v) is 3.63. The van der Waals surface area contributed by atoms with Gasteiger partial charge in [0.2, 0.25) is 0 Å². The quantitative estimate of drug-likeness (QED) is 0.890. The standard InChI is InChI=1S/C14H20N2O2/c1-8(2)12(14(17)18)13-15-9(3)7-11(16-13)10-5-4-6-10/h7-8,10,12H,4-6H2,1-3H3,(H,17,18). The first kappa shape index (κ1) is 13.0. The number of hydrogen-bond donors (Lipinski definition) is 1. The summed E-state index contributed by atoms with van der Waals surface area (Å²) in [6, 6.07) is 1.99. The molecule has 0 bridgehead atoms. The van der Waals surface area contributed by atoms with E-state index in [1.54, 1.807) is 0 Å². The van der Waals surface area contributed by atoms with Crippen LogP contribution in [0.25, 0.3) is 0 Å². The minimum absolute atomic E-state index is 0.00135. The molecule has 0 amide bonds. The van der Waals surface area contributed by atoms with Crippen LogP contribution in [0.3, 0.4) is 0 Å². The Balaban J connectivity index is 2.36. The average molecular weight is 248 g/mol. The van der Waals surface area contributed by atoms with Crippen LogP contribution in [0, 0.1) is 12.8 Å². The first-order valence-corrected chi connectivity index (χ1v) is 6.57. The fourth-order valence-electron chi connectivity index (χ4n) is 2.36. The third-order valence-electron chi connectivity index (χ3n) is 3.63. The Hall–Kier alpha value is -1.45. The van der Waals surface area contributed by atoms with Gasteiger partial charge in [-0.1, -0.05) is 20.3 Å². The molecule has 4 nitrogen and oxygen atoms in total. The summed E-state index contributed by atoms with van der Waals surface area (Å²) in [5.41, 5.74) is 1.89. The number of hydrogen-bond acceptors (Lipinski definition) is 3. The van der Waals surface area contributed by atoms with Crippen molar-refractivity contribution in [3.05, 3.63) is 23.3 Å². The van der Waals surface area contributed by atoms with E-state index in [-0.39, 0.29) is 5.92 Å². The SMILES string of the molecule is Cc1cc(C2CCC2)nc(C(C(=O)O)C(C)C)n1. The van der Waals surface area contributed by atoms with Crippen LogP contribution in [0.15, 0.2) is 6.07 Å². The summed E-state index contributed by atoms with van der Waals surface area (Å²) in [5.74, 6) is -0.469. The van der Waals surface area contributed by atoms with Crippen LogP contribution < -0.4 is 0 Å². The lowest BCUT2D eigenvalue weighted by Gasteiger charge is -2.26. The van der Waals surface area contributed by atoms with Crippen LogP contribution in [0.5, 0.6) is 0 Å². The molecule has 1 aliphatic carbocycles. The van der Waals surface area contributed by atoms with Gasteiger partial charge in [-0.25, -0.2) is 9.97 Å². The Labute approximate surface area is 107 Å². The van der Waals surface area contributed by atoms with Gasteiger partial charge in [0.1, 0.15) is 11.7 Å². The summed E-state index contributed by atoms with van der Waals surface area (Å²) in [6.45, 7) is 5.70. The summed E-state index contributed by atoms with van der Waals surface area (Å²) in [6.07, 6.45) is 3.57. The summed E-state index contributed by atoms with van der Waals surface area (Å²) in [4.78, 5) is 20.2. The van der Waals surface area contributed by atoms with Crippen molar-refractivity contribution >= 4 is 5.97 Å². The highest BCUT2D eigenvalue weighted by Crippen LogP contribution is 2.36. The normalized spacial score (nSPS) is 17.6. The maximum absolute atomic E-state index is 11.3. The number of carbonyl (C=O) groups is 1. The van der Waals surface area contributed by atoms with Crippen molar-refractivity contribution in [1.82, 2.24) is 9.97 Å². The highest BCUT2D eigenvalue weighted by Gasteiger charge is 2.29. The van der Waals surface area contributed by atoms with Gasteiger partial charge in [-0.3, -0.25) is 4.79 Å². The zero-order valence-electron chi connectivity index (χ0n) is 11.2. The molecule has 2 rings (SSSR count). The minimum atomic E-state index is -0.838. The first-order chi connectivity index (χ1) is 8.49. The number of aromatic nitrogens is 2. The Morgan fingerprint density at radius 3 is 2.50 bits per heavy atom. The third kappa shape index (κ3) is 2.52. The van der Waals surface area contributed by atoms with Gasteiger partial charge in [-0.15, -0.1) is 0 Å². The van der Waals surface area contributed by atoms with Crippen molar-refractivity contribution in [1.29, 1.82) is 0 Å². The van der Waals surface area contributed by atoms with Gasteiger partial charge in [-0.2, -0.15) is 0 Å². The van der Waals surface area contributed by atoms with Crippen LogP contribution in [-0.2, 0) is 4.79 Å². The molecule has 0 aromatic carbocycles. The molecule has 1 aromatic rings. The minimum Gasteiger partial charge on any atom is -0.481 e. The second kappa shape index (κ2) is 5.04. The molecule has 4 heteroatoms. The number of rotatable bonds is 4. The monoisotopic (exact) mass is 248 g/mol. The molecule has 0 saturated heterocycles. The van der Waals surface area contributed by atoms with E-state index in [9.17, 15) is 9.90 Å². The van der Waals surface area contributed by atoms with E-state index in [1.165, 1.54) is 6.42 Å². The van der Waals surface area contributed by atoms with Crippen LogP contribution in [0.4, 0.5) is 0 Å². The zero-order chi connectivity index (χ0) is 13.3. The Kier molecular flexibility index (Phi) is 3.64. The molecule has 18 heavy (non-hydrogen) atoms. The Morgan fingerprint density at radius 2 is 2.06 bits per heavy atom. The Bertz CT molecular complexity index is 453. The van der Waals surface area contributed by atoms with E-state index in [1.807, 2.05) is 26.8 Å². The maximum atomic E-state index is 11.3. The van der Waals surface area contributed by atoms with E-state index in [0.29, 0.717) is 11.7 Å². The molecule has 1 heterocycles. The number of nitrogens with zero attached hydrogens (tertiary/aromatic N) is 2. The van der Waals surface area contributed by atoms with E-state index in [4.69, 9.17) is 0 Å². The van der Waals surface area contributed by atoms with Gasteiger partial charge in [0.15, 0.2) is 0 Å². The largest absolute Gasteiger partial charge is 0.481 e. The molecule has 1 unspecified atom stereocenters. The Morgan fingerprint density at radius 1 is 1.39 bits per heavy atom. The van der Waals surface area contributed by atoms with Gasteiger partial charge >= 0.3 is 5.97 Å². The molecule has 1 saturated carbocycles. The van der Waals surface area contributed by atoms with Gasteiger partial charge in [0.25, 0.3) is 0 Å². The van der Waals surface area contributed by atoms with Crippen molar-refractivity contribution in [2.75, 3.05) is 0 Å². The summed E-state index contributed by atoms with van der Waals surface area (Å²) < 4.78 is 0. The molecular formula is C14H20N2O2. The molecule has 0 spiro atoms. The lowest BCUT2D eigenvalue weighted by atomic mass is 9.82. The molecular weight excluding hydrogens is 228 g/mol. The van der Waals surface area contributed by atoms with Crippen LogP contribution in [-0.4, -0.2) is 21.0 Å². The van der Waals surface area contributed by atoms with E-state index >= 15 is 0 Å². The van der Waals surface area contributed by atoms with Gasteiger partial charge in [0.05, 0.1) is 0 Å².